The van der Waals surface area contributed by atoms with E-state index in [1.807, 2.05) is 13.8 Å². The summed E-state index contributed by atoms with van der Waals surface area (Å²) >= 11 is 5.98. The van der Waals surface area contributed by atoms with Gasteiger partial charge in [-0.05, 0) is 26.0 Å². The fourth-order valence-corrected chi connectivity index (χ4v) is 1.96. The number of rotatable bonds is 6. The molecule has 1 heterocycles. The molecule has 0 unspecified atom stereocenters. The van der Waals surface area contributed by atoms with Gasteiger partial charge in [0.2, 0.25) is 6.29 Å². The Kier molecular flexibility index (Phi) is 5.05. The lowest BCUT2D eigenvalue weighted by Gasteiger charge is -2.13. The van der Waals surface area contributed by atoms with Crippen LogP contribution in [0.3, 0.4) is 0 Å². The monoisotopic (exact) mass is 299 g/mol. The molecular weight excluding hydrogens is 285 g/mol. The van der Waals surface area contributed by atoms with E-state index in [0.29, 0.717) is 19.0 Å². The molecule has 0 fully saturated rings. The normalized spacial score (nSPS) is 11.2. The molecule has 0 radical (unpaired) electrons. The summed E-state index contributed by atoms with van der Waals surface area (Å²) in [6.45, 7) is 4.61. The van der Waals surface area contributed by atoms with Crippen molar-refractivity contribution in [1.29, 1.82) is 0 Å². The number of benzene rings is 1. The van der Waals surface area contributed by atoms with Crippen molar-refractivity contribution >= 4 is 11.6 Å². The molecule has 7 heteroatoms. The number of nitrogens with one attached hydrogen (secondary N) is 1. The number of nitrogens with zero attached hydrogens (tertiary/aromatic N) is 2. The first-order valence-corrected chi connectivity index (χ1v) is 6.65. The van der Waals surface area contributed by atoms with E-state index < -0.39 is 12.1 Å². The predicted molar refractivity (Wildman–Crippen MR) is 72.8 cm³/mol. The number of hydrogen-bond donors (Lipinski definition) is 1. The smallest absolute Gasteiger partial charge is 0.218 e. The first-order valence-electron chi connectivity index (χ1n) is 6.27. The fourth-order valence-electron chi connectivity index (χ4n) is 1.71. The molecule has 2 aromatic rings. The van der Waals surface area contributed by atoms with Gasteiger partial charge in [0.1, 0.15) is 5.82 Å². The second-order valence-electron chi connectivity index (χ2n) is 3.88. The highest BCUT2D eigenvalue weighted by molar-refractivity contribution is 6.33. The third kappa shape index (κ3) is 3.15. The van der Waals surface area contributed by atoms with Gasteiger partial charge in [-0.15, -0.1) is 0 Å². The average molecular weight is 300 g/mol. The molecule has 0 saturated heterocycles. The van der Waals surface area contributed by atoms with E-state index >= 15 is 0 Å². The zero-order valence-electron chi connectivity index (χ0n) is 11.2. The fraction of sp³-hybridized carbons (Fsp3) is 0.385. The van der Waals surface area contributed by atoms with Crippen LogP contribution in [0.1, 0.15) is 26.0 Å². The third-order valence-corrected chi connectivity index (χ3v) is 2.86. The van der Waals surface area contributed by atoms with Crippen molar-refractivity contribution in [3.8, 4) is 11.4 Å². The second kappa shape index (κ2) is 6.78. The summed E-state index contributed by atoms with van der Waals surface area (Å²) in [6.07, 6.45) is -0.656. The lowest BCUT2D eigenvalue weighted by atomic mass is 10.2. The molecule has 0 saturated carbocycles. The first kappa shape index (κ1) is 14.9. The number of hydrogen-bond acceptors (Lipinski definition) is 4. The van der Waals surface area contributed by atoms with E-state index in [0.717, 1.165) is 0 Å². The maximum absolute atomic E-state index is 13.8. The summed E-state index contributed by atoms with van der Waals surface area (Å²) in [5.74, 6) is 0.0722. The number of ether oxygens (including phenoxy) is 2. The molecule has 0 aliphatic carbocycles. The molecule has 0 aliphatic heterocycles. The van der Waals surface area contributed by atoms with Crippen molar-refractivity contribution in [3.05, 3.63) is 34.9 Å². The molecule has 0 spiro atoms. The van der Waals surface area contributed by atoms with Gasteiger partial charge < -0.3 is 9.47 Å². The molecule has 0 amide bonds. The summed E-state index contributed by atoms with van der Waals surface area (Å²) in [4.78, 5) is 4.20. The highest BCUT2D eigenvalue weighted by atomic mass is 35.5. The van der Waals surface area contributed by atoms with Gasteiger partial charge in [0.25, 0.3) is 0 Å². The van der Waals surface area contributed by atoms with Crippen LogP contribution in [-0.4, -0.2) is 28.4 Å². The standard InChI is InChI=1S/C13H15ClFN3O2/c1-3-19-13(20-4-2)12-16-11(17-18-12)10-8(14)6-5-7-9(10)15/h5-7,13H,3-4H2,1-2H3,(H,16,17,18). The third-order valence-electron chi connectivity index (χ3n) is 2.55. The number of aromatic amines is 1. The Morgan fingerprint density at radius 3 is 2.60 bits per heavy atom. The van der Waals surface area contributed by atoms with E-state index in [1.54, 1.807) is 6.07 Å². The van der Waals surface area contributed by atoms with Crippen molar-refractivity contribution in [2.24, 2.45) is 0 Å². The lowest BCUT2D eigenvalue weighted by molar-refractivity contribution is -0.145. The summed E-state index contributed by atoms with van der Waals surface area (Å²) < 4.78 is 24.6. The predicted octanol–water partition coefficient (Wildman–Crippen LogP) is 3.34. The molecule has 1 N–H and O–H groups in total. The van der Waals surface area contributed by atoms with Crippen LogP contribution in [0.2, 0.25) is 5.02 Å². The van der Waals surface area contributed by atoms with Crippen LogP contribution in [-0.2, 0) is 9.47 Å². The molecule has 1 aromatic heterocycles. The molecule has 108 valence electrons. The highest BCUT2D eigenvalue weighted by Crippen LogP contribution is 2.28. The van der Waals surface area contributed by atoms with E-state index in [-0.39, 0.29) is 16.4 Å². The second-order valence-corrected chi connectivity index (χ2v) is 4.29. The van der Waals surface area contributed by atoms with Gasteiger partial charge >= 0.3 is 0 Å². The molecule has 1 aromatic carbocycles. The number of halogens is 2. The van der Waals surface area contributed by atoms with E-state index in [1.165, 1.54) is 12.1 Å². The summed E-state index contributed by atoms with van der Waals surface area (Å²) in [5, 5.41) is 6.91. The quantitative estimate of drug-likeness (QED) is 0.831. The number of H-pyrrole nitrogens is 1. The van der Waals surface area contributed by atoms with E-state index in [4.69, 9.17) is 21.1 Å². The Labute approximate surface area is 121 Å². The average Bonchev–Trinajstić information content (AvgIpc) is 2.87. The van der Waals surface area contributed by atoms with Crippen LogP contribution >= 0.6 is 11.6 Å². The Morgan fingerprint density at radius 2 is 2.00 bits per heavy atom. The Balaban J connectivity index is 2.32. The topological polar surface area (TPSA) is 60.0 Å². The molecule has 0 bridgehead atoms. The maximum atomic E-state index is 13.8. The summed E-state index contributed by atoms with van der Waals surface area (Å²) in [6, 6.07) is 4.41. The van der Waals surface area contributed by atoms with Crippen molar-refractivity contribution < 1.29 is 13.9 Å². The molecule has 20 heavy (non-hydrogen) atoms. The van der Waals surface area contributed by atoms with Gasteiger partial charge in [0, 0.05) is 13.2 Å². The number of aromatic nitrogens is 3. The van der Waals surface area contributed by atoms with Gasteiger partial charge in [-0.2, -0.15) is 5.10 Å². The van der Waals surface area contributed by atoms with Crippen molar-refractivity contribution in [1.82, 2.24) is 15.2 Å². The zero-order chi connectivity index (χ0) is 14.5. The minimum Gasteiger partial charge on any atom is -0.346 e. The molecule has 5 nitrogen and oxygen atoms in total. The Hall–Kier alpha value is -1.50. The van der Waals surface area contributed by atoms with Gasteiger partial charge in [0.05, 0.1) is 10.6 Å². The van der Waals surface area contributed by atoms with Gasteiger partial charge in [-0.3, -0.25) is 5.10 Å². The highest BCUT2D eigenvalue weighted by Gasteiger charge is 2.20. The van der Waals surface area contributed by atoms with Crippen LogP contribution in [0, 0.1) is 5.82 Å². The zero-order valence-corrected chi connectivity index (χ0v) is 11.9. The molecule has 2 rings (SSSR count). The van der Waals surface area contributed by atoms with Gasteiger partial charge in [0.15, 0.2) is 11.6 Å². The van der Waals surface area contributed by atoms with Crippen LogP contribution in [0.25, 0.3) is 11.4 Å². The first-order chi connectivity index (χ1) is 9.67. The van der Waals surface area contributed by atoms with Crippen LogP contribution < -0.4 is 0 Å². The summed E-state index contributed by atoms with van der Waals surface area (Å²) in [5.41, 5.74) is 0.156. The van der Waals surface area contributed by atoms with Crippen molar-refractivity contribution in [2.45, 2.75) is 20.1 Å². The van der Waals surface area contributed by atoms with Gasteiger partial charge in [-0.25, -0.2) is 9.37 Å². The maximum Gasteiger partial charge on any atom is 0.218 e. The van der Waals surface area contributed by atoms with Gasteiger partial charge in [-0.1, -0.05) is 17.7 Å². The van der Waals surface area contributed by atoms with E-state index in [9.17, 15) is 4.39 Å². The SMILES string of the molecule is CCOC(OCC)c1nc(-c2c(F)cccc2Cl)n[nH]1. The van der Waals surface area contributed by atoms with Crippen LogP contribution in [0.5, 0.6) is 0 Å². The minimum atomic E-state index is -0.656. The van der Waals surface area contributed by atoms with Crippen LogP contribution in [0.15, 0.2) is 18.2 Å². The van der Waals surface area contributed by atoms with Crippen molar-refractivity contribution in [3.63, 3.8) is 0 Å². The minimum absolute atomic E-state index is 0.156. The Bertz CT molecular complexity index is 550. The van der Waals surface area contributed by atoms with Crippen molar-refractivity contribution in [2.75, 3.05) is 13.2 Å². The molecule has 0 aliphatic rings. The summed E-state index contributed by atoms with van der Waals surface area (Å²) in [7, 11) is 0. The lowest BCUT2D eigenvalue weighted by Crippen LogP contribution is -2.10. The van der Waals surface area contributed by atoms with Crippen LogP contribution in [0.4, 0.5) is 4.39 Å². The largest absolute Gasteiger partial charge is 0.346 e. The van der Waals surface area contributed by atoms with E-state index in [2.05, 4.69) is 15.2 Å². The molecular formula is C13H15ClFN3O2. The Morgan fingerprint density at radius 1 is 1.30 bits per heavy atom. The molecule has 0 atom stereocenters.